The Kier molecular flexibility index (Phi) is 8.40. The molecule has 1 N–H and O–H groups in total. The Morgan fingerprint density at radius 2 is 1.08 bits per heavy atom. The van der Waals surface area contributed by atoms with Gasteiger partial charge in [-0.25, -0.2) is 8.42 Å². The molecule has 39 heavy (non-hydrogen) atoms. The maximum absolute atomic E-state index is 13.5. The quantitative estimate of drug-likeness (QED) is 0.330. The molecule has 11 nitrogen and oxygen atoms in total. The van der Waals surface area contributed by atoms with Crippen LogP contribution in [0.4, 0.5) is 0 Å². The molecular formula is C27H31NO10S. The van der Waals surface area contributed by atoms with Gasteiger partial charge in [-0.2, -0.15) is 4.72 Å². The molecule has 3 aromatic carbocycles. The third kappa shape index (κ3) is 4.91. The standard InChI is InChI=1S/C27H31NO10S/c1-31-15-37-25-20(33-3)11-17(12-21(25)34-4)27(19-9-7-8-10-24(19)39(29,30)28-27)18-13-22(35-5)26(38-16-32-2)23(14-18)36-6/h7-14,28H,15-16H2,1-6H3. The largest absolute Gasteiger partial charge is 0.493 e. The molecule has 1 aliphatic heterocycles. The van der Waals surface area contributed by atoms with Gasteiger partial charge in [0, 0.05) is 19.8 Å². The van der Waals surface area contributed by atoms with Gasteiger partial charge in [0.15, 0.2) is 36.6 Å². The van der Waals surface area contributed by atoms with Gasteiger partial charge in [-0.1, -0.05) is 18.2 Å². The van der Waals surface area contributed by atoms with Crippen LogP contribution in [0.3, 0.4) is 0 Å². The van der Waals surface area contributed by atoms with E-state index in [9.17, 15) is 8.42 Å². The summed E-state index contributed by atoms with van der Waals surface area (Å²) in [5, 5.41) is 0. The molecule has 4 rings (SSSR count). The molecule has 1 heterocycles. The van der Waals surface area contributed by atoms with Gasteiger partial charge < -0.3 is 37.9 Å². The van der Waals surface area contributed by atoms with Gasteiger partial charge >= 0.3 is 0 Å². The van der Waals surface area contributed by atoms with Gasteiger partial charge in [0.05, 0.1) is 33.3 Å². The molecule has 1 aliphatic rings. The van der Waals surface area contributed by atoms with Crippen LogP contribution < -0.4 is 33.1 Å². The van der Waals surface area contributed by atoms with Gasteiger partial charge in [0.2, 0.25) is 21.5 Å². The number of methoxy groups -OCH3 is 6. The highest BCUT2D eigenvalue weighted by atomic mass is 32.2. The lowest BCUT2D eigenvalue weighted by molar-refractivity contribution is 0.0470. The molecule has 0 amide bonds. The van der Waals surface area contributed by atoms with Gasteiger partial charge in [-0.15, -0.1) is 0 Å². The fourth-order valence-corrected chi connectivity index (χ4v) is 6.26. The first-order valence-electron chi connectivity index (χ1n) is 11.7. The van der Waals surface area contributed by atoms with Crippen molar-refractivity contribution in [2.75, 3.05) is 56.2 Å². The van der Waals surface area contributed by atoms with E-state index < -0.39 is 15.6 Å². The van der Waals surface area contributed by atoms with Crippen molar-refractivity contribution in [3.05, 3.63) is 65.2 Å². The number of ether oxygens (including phenoxy) is 8. The van der Waals surface area contributed by atoms with Crippen LogP contribution in [-0.4, -0.2) is 64.7 Å². The van der Waals surface area contributed by atoms with Crippen LogP contribution in [0.5, 0.6) is 34.5 Å². The molecule has 0 fully saturated rings. The molecule has 0 aliphatic carbocycles. The number of nitrogens with one attached hydrogen (secondary N) is 1. The van der Waals surface area contributed by atoms with Crippen molar-refractivity contribution in [1.82, 2.24) is 4.72 Å². The van der Waals surface area contributed by atoms with Crippen molar-refractivity contribution in [2.24, 2.45) is 0 Å². The Hall–Kier alpha value is -3.71. The van der Waals surface area contributed by atoms with E-state index in [0.29, 0.717) is 51.2 Å². The van der Waals surface area contributed by atoms with E-state index in [1.807, 2.05) is 0 Å². The van der Waals surface area contributed by atoms with Crippen LogP contribution in [0, 0.1) is 0 Å². The smallest absolute Gasteiger partial charge is 0.242 e. The molecule has 0 unspecified atom stereocenters. The predicted molar refractivity (Wildman–Crippen MR) is 141 cm³/mol. The first-order valence-corrected chi connectivity index (χ1v) is 13.2. The van der Waals surface area contributed by atoms with E-state index in [-0.39, 0.29) is 18.5 Å². The van der Waals surface area contributed by atoms with Crippen LogP contribution in [-0.2, 0) is 25.0 Å². The predicted octanol–water partition coefficient (Wildman–Crippen LogP) is 3.27. The highest BCUT2D eigenvalue weighted by Crippen LogP contribution is 2.52. The summed E-state index contributed by atoms with van der Waals surface area (Å²) < 4.78 is 74.0. The third-order valence-corrected chi connectivity index (χ3v) is 7.81. The normalized spacial score (nSPS) is 14.8. The molecule has 0 radical (unpaired) electrons. The van der Waals surface area contributed by atoms with Gasteiger partial charge in [0.1, 0.15) is 5.54 Å². The minimum atomic E-state index is -3.95. The number of fused-ring (bicyclic) bond motifs is 1. The number of rotatable bonds is 12. The van der Waals surface area contributed by atoms with Crippen LogP contribution in [0.2, 0.25) is 0 Å². The zero-order valence-corrected chi connectivity index (χ0v) is 23.3. The lowest BCUT2D eigenvalue weighted by atomic mass is 9.77. The second kappa shape index (κ2) is 11.6. The zero-order valence-electron chi connectivity index (χ0n) is 22.5. The van der Waals surface area contributed by atoms with E-state index in [4.69, 9.17) is 37.9 Å². The summed E-state index contributed by atoms with van der Waals surface area (Å²) >= 11 is 0. The lowest BCUT2D eigenvalue weighted by Crippen LogP contribution is -2.41. The molecule has 0 aromatic heterocycles. The van der Waals surface area contributed by atoms with E-state index in [1.165, 1.54) is 42.7 Å². The van der Waals surface area contributed by atoms with Gasteiger partial charge in [0.25, 0.3) is 0 Å². The summed E-state index contributed by atoms with van der Waals surface area (Å²) in [6.45, 7) is -0.103. The summed E-state index contributed by atoms with van der Waals surface area (Å²) in [5.41, 5.74) is 0.0125. The monoisotopic (exact) mass is 561 g/mol. The minimum Gasteiger partial charge on any atom is -0.493 e. The van der Waals surface area contributed by atoms with Gasteiger partial charge in [-0.3, -0.25) is 0 Å². The molecule has 0 bridgehead atoms. The summed E-state index contributed by atoms with van der Waals surface area (Å²) in [6.07, 6.45) is 0. The number of hydrogen-bond donors (Lipinski definition) is 1. The van der Waals surface area contributed by atoms with E-state index in [1.54, 1.807) is 48.5 Å². The van der Waals surface area contributed by atoms with Crippen LogP contribution in [0.25, 0.3) is 0 Å². The van der Waals surface area contributed by atoms with Crippen molar-refractivity contribution in [1.29, 1.82) is 0 Å². The van der Waals surface area contributed by atoms with E-state index in [2.05, 4.69) is 4.72 Å². The minimum absolute atomic E-state index is 0.0516. The first-order chi connectivity index (χ1) is 18.8. The summed E-state index contributed by atoms with van der Waals surface area (Å²) in [6, 6.07) is 13.5. The fraction of sp³-hybridized carbons (Fsp3) is 0.333. The molecule has 12 heteroatoms. The highest BCUT2D eigenvalue weighted by molar-refractivity contribution is 7.90. The second-order valence-corrected chi connectivity index (χ2v) is 10.0. The average Bonchev–Trinajstić information content (AvgIpc) is 3.21. The molecular weight excluding hydrogens is 530 g/mol. The average molecular weight is 562 g/mol. The van der Waals surface area contributed by atoms with E-state index in [0.717, 1.165) is 0 Å². The number of sulfonamides is 1. The Morgan fingerprint density at radius 3 is 1.46 bits per heavy atom. The fourth-order valence-electron chi connectivity index (χ4n) is 4.63. The lowest BCUT2D eigenvalue weighted by Gasteiger charge is -2.33. The number of hydrogen-bond acceptors (Lipinski definition) is 10. The maximum atomic E-state index is 13.5. The molecule has 210 valence electrons. The van der Waals surface area contributed by atoms with Crippen molar-refractivity contribution in [2.45, 2.75) is 10.4 Å². The Bertz CT molecular complexity index is 1320. The van der Waals surface area contributed by atoms with Crippen LogP contribution in [0.1, 0.15) is 16.7 Å². The van der Waals surface area contributed by atoms with Crippen molar-refractivity contribution < 1.29 is 46.3 Å². The van der Waals surface area contributed by atoms with Crippen molar-refractivity contribution in [3.8, 4) is 34.5 Å². The zero-order chi connectivity index (χ0) is 28.2. The van der Waals surface area contributed by atoms with Crippen molar-refractivity contribution in [3.63, 3.8) is 0 Å². The molecule has 0 saturated carbocycles. The Labute approximate surface area is 227 Å². The van der Waals surface area contributed by atoms with Crippen molar-refractivity contribution >= 4 is 10.0 Å². The second-order valence-electron chi connectivity index (χ2n) is 8.37. The van der Waals surface area contributed by atoms with E-state index >= 15 is 0 Å². The maximum Gasteiger partial charge on any atom is 0.242 e. The first kappa shape index (κ1) is 28.3. The van der Waals surface area contributed by atoms with Crippen LogP contribution >= 0.6 is 0 Å². The van der Waals surface area contributed by atoms with Gasteiger partial charge in [-0.05, 0) is 41.5 Å². The summed E-state index contributed by atoms with van der Waals surface area (Å²) in [7, 11) is 4.95. The summed E-state index contributed by atoms with van der Waals surface area (Å²) in [5.74, 6) is 1.83. The topological polar surface area (TPSA) is 120 Å². The Balaban J connectivity index is 2.09. The highest BCUT2D eigenvalue weighted by Gasteiger charge is 2.50. The molecule has 0 saturated heterocycles. The molecule has 0 atom stereocenters. The van der Waals surface area contributed by atoms with Crippen LogP contribution in [0.15, 0.2) is 53.4 Å². The third-order valence-electron chi connectivity index (χ3n) is 6.30. The molecule has 3 aromatic rings. The molecule has 0 spiro atoms. The number of benzene rings is 3. The summed E-state index contributed by atoms with van der Waals surface area (Å²) in [4.78, 5) is 0.125. The Morgan fingerprint density at radius 1 is 0.667 bits per heavy atom. The SMILES string of the molecule is COCOc1c(OC)cc(C2(c3cc(OC)c(OCOC)c(OC)c3)NS(=O)(=O)c3ccccc32)cc1OC.